The minimum absolute atomic E-state index is 0.00690. The van der Waals surface area contributed by atoms with Crippen LogP contribution in [-0.4, -0.2) is 51.1 Å². The van der Waals surface area contributed by atoms with Crippen molar-refractivity contribution in [2.45, 2.75) is 38.1 Å². The normalized spacial score (nSPS) is 19.2. The van der Waals surface area contributed by atoms with Crippen molar-refractivity contribution in [2.24, 2.45) is 10.7 Å². The molecule has 0 atom stereocenters. The SMILES string of the molecule is CN(C)S(=O)(=O)CCN=C(N)NC1CCCCC1. The van der Waals surface area contributed by atoms with Crippen molar-refractivity contribution in [1.29, 1.82) is 0 Å². The van der Waals surface area contributed by atoms with E-state index in [0.717, 1.165) is 12.8 Å². The Bertz CT molecular complexity index is 373. The van der Waals surface area contributed by atoms with E-state index in [0.29, 0.717) is 12.0 Å². The minimum atomic E-state index is -3.18. The van der Waals surface area contributed by atoms with Gasteiger partial charge in [0, 0.05) is 20.1 Å². The summed E-state index contributed by atoms with van der Waals surface area (Å²) < 4.78 is 24.2. The molecule has 106 valence electrons. The minimum Gasteiger partial charge on any atom is -0.370 e. The molecule has 0 aromatic carbocycles. The molecule has 0 amide bonds. The first kappa shape index (κ1) is 15.2. The number of nitrogens with one attached hydrogen (secondary N) is 1. The van der Waals surface area contributed by atoms with Crippen molar-refractivity contribution < 1.29 is 8.42 Å². The van der Waals surface area contributed by atoms with E-state index >= 15 is 0 Å². The number of hydrogen-bond acceptors (Lipinski definition) is 3. The maximum atomic E-state index is 11.5. The molecule has 0 bridgehead atoms. The van der Waals surface area contributed by atoms with Crippen LogP contribution < -0.4 is 11.1 Å². The zero-order valence-corrected chi connectivity index (χ0v) is 12.0. The molecule has 0 aromatic heterocycles. The second kappa shape index (κ2) is 6.94. The first-order valence-electron chi connectivity index (χ1n) is 6.38. The van der Waals surface area contributed by atoms with Gasteiger partial charge in [-0.3, -0.25) is 4.99 Å². The third kappa shape index (κ3) is 5.22. The molecule has 0 radical (unpaired) electrons. The van der Waals surface area contributed by atoms with E-state index in [4.69, 9.17) is 5.73 Å². The fourth-order valence-corrected chi connectivity index (χ4v) is 2.65. The molecule has 0 saturated heterocycles. The average Bonchev–Trinajstić information content (AvgIpc) is 2.29. The van der Waals surface area contributed by atoms with Gasteiger partial charge in [-0.15, -0.1) is 0 Å². The lowest BCUT2D eigenvalue weighted by atomic mass is 9.96. The molecule has 1 aliphatic rings. The average molecular weight is 276 g/mol. The summed E-state index contributed by atoms with van der Waals surface area (Å²) in [7, 11) is -0.151. The van der Waals surface area contributed by atoms with Crippen molar-refractivity contribution >= 4 is 16.0 Å². The number of nitrogens with two attached hydrogens (primary N) is 1. The lowest BCUT2D eigenvalue weighted by Crippen LogP contribution is -2.41. The van der Waals surface area contributed by atoms with Gasteiger partial charge in [-0.05, 0) is 12.8 Å². The Labute approximate surface area is 110 Å². The van der Waals surface area contributed by atoms with E-state index in [1.54, 1.807) is 0 Å². The molecular formula is C11H24N4O2S. The van der Waals surface area contributed by atoms with E-state index in [2.05, 4.69) is 10.3 Å². The summed E-state index contributed by atoms with van der Waals surface area (Å²) in [5.41, 5.74) is 5.74. The van der Waals surface area contributed by atoms with Gasteiger partial charge in [0.05, 0.1) is 12.3 Å². The van der Waals surface area contributed by atoms with E-state index < -0.39 is 10.0 Å². The molecule has 1 rings (SSSR count). The number of hydrogen-bond donors (Lipinski definition) is 2. The third-order valence-electron chi connectivity index (χ3n) is 3.14. The largest absolute Gasteiger partial charge is 0.370 e. The number of rotatable bonds is 5. The van der Waals surface area contributed by atoms with Crippen LogP contribution in [0.5, 0.6) is 0 Å². The highest BCUT2D eigenvalue weighted by Crippen LogP contribution is 2.16. The van der Waals surface area contributed by atoms with Crippen LogP contribution in [-0.2, 0) is 10.0 Å². The summed E-state index contributed by atoms with van der Waals surface area (Å²) in [6.45, 7) is 0.200. The quantitative estimate of drug-likeness (QED) is 0.551. The molecule has 3 N–H and O–H groups in total. The predicted molar refractivity (Wildman–Crippen MR) is 74.0 cm³/mol. The predicted octanol–water partition coefficient (Wildman–Crippen LogP) is 0.115. The van der Waals surface area contributed by atoms with Crippen molar-refractivity contribution in [2.75, 3.05) is 26.4 Å². The lowest BCUT2D eigenvalue weighted by molar-refractivity contribution is 0.412. The van der Waals surface area contributed by atoms with Crippen LogP contribution in [0.3, 0.4) is 0 Å². The monoisotopic (exact) mass is 276 g/mol. The summed E-state index contributed by atoms with van der Waals surface area (Å²) in [5.74, 6) is 0.350. The molecule has 18 heavy (non-hydrogen) atoms. The zero-order chi connectivity index (χ0) is 13.6. The molecule has 7 heteroatoms. The molecule has 0 heterocycles. The molecule has 0 spiro atoms. The molecule has 1 aliphatic carbocycles. The summed E-state index contributed by atoms with van der Waals surface area (Å²) in [5, 5.41) is 3.15. The van der Waals surface area contributed by atoms with Gasteiger partial charge in [0.25, 0.3) is 0 Å². The van der Waals surface area contributed by atoms with Gasteiger partial charge in [0.2, 0.25) is 10.0 Å². The van der Waals surface area contributed by atoms with Crippen LogP contribution in [0.4, 0.5) is 0 Å². The van der Waals surface area contributed by atoms with Gasteiger partial charge in [0.1, 0.15) is 0 Å². The molecule has 1 fully saturated rings. The van der Waals surface area contributed by atoms with E-state index in [1.165, 1.54) is 37.7 Å². The van der Waals surface area contributed by atoms with Crippen molar-refractivity contribution in [1.82, 2.24) is 9.62 Å². The van der Waals surface area contributed by atoms with Gasteiger partial charge < -0.3 is 11.1 Å². The van der Waals surface area contributed by atoms with Gasteiger partial charge >= 0.3 is 0 Å². The van der Waals surface area contributed by atoms with Crippen LogP contribution in [0, 0.1) is 0 Å². The summed E-state index contributed by atoms with van der Waals surface area (Å²) in [6.07, 6.45) is 5.97. The fraction of sp³-hybridized carbons (Fsp3) is 0.909. The summed E-state index contributed by atoms with van der Waals surface area (Å²) in [6, 6.07) is 0.396. The Morgan fingerprint density at radius 1 is 1.33 bits per heavy atom. The Balaban J connectivity index is 2.33. The Hall–Kier alpha value is -0.820. The number of guanidine groups is 1. The Morgan fingerprint density at radius 2 is 1.94 bits per heavy atom. The zero-order valence-electron chi connectivity index (χ0n) is 11.2. The van der Waals surface area contributed by atoms with Crippen molar-refractivity contribution in [3.63, 3.8) is 0 Å². The highest BCUT2D eigenvalue weighted by atomic mass is 32.2. The first-order chi connectivity index (χ1) is 8.42. The van der Waals surface area contributed by atoms with Crippen LogP contribution in [0.25, 0.3) is 0 Å². The van der Waals surface area contributed by atoms with Gasteiger partial charge in [-0.1, -0.05) is 19.3 Å². The highest BCUT2D eigenvalue weighted by Gasteiger charge is 2.14. The standard InChI is InChI=1S/C11H24N4O2S/c1-15(2)18(16,17)9-8-13-11(12)14-10-6-4-3-5-7-10/h10H,3-9H2,1-2H3,(H3,12,13,14). The first-order valence-corrected chi connectivity index (χ1v) is 7.99. The van der Waals surface area contributed by atoms with E-state index in [1.807, 2.05) is 0 Å². The maximum Gasteiger partial charge on any atom is 0.215 e. The van der Waals surface area contributed by atoms with Crippen molar-refractivity contribution in [3.05, 3.63) is 0 Å². The Kier molecular flexibility index (Phi) is 5.87. The molecule has 6 nitrogen and oxygen atoms in total. The molecule has 0 unspecified atom stereocenters. The van der Waals surface area contributed by atoms with Crippen LogP contribution >= 0.6 is 0 Å². The van der Waals surface area contributed by atoms with E-state index in [9.17, 15) is 8.42 Å². The Morgan fingerprint density at radius 3 is 2.50 bits per heavy atom. The van der Waals surface area contributed by atoms with Crippen LogP contribution in [0.2, 0.25) is 0 Å². The fourth-order valence-electron chi connectivity index (χ4n) is 1.97. The van der Waals surface area contributed by atoms with Gasteiger partial charge in [-0.25, -0.2) is 12.7 Å². The topological polar surface area (TPSA) is 87.8 Å². The second-order valence-corrected chi connectivity index (χ2v) is 7.15. The molecular weight excluding hydrogens is 252 g/mol. The summed E-state index contributed by atoms with van der Waals surface area (Å²) in [4.78, 5) is 4.06. The molecule has 1 saturated carbocycles. The maximum absolute atomic E-state index is 11.5. The second-order valence-electron chi connectivity index (χ2n) is 4.84. The van der Waals surface area contributed by atoms with Crippen LogP contribution in [0.1, 0.15) is 32.1 Å². The van der Waals surface area contributed by atoms with Gasteiger partial charge in [0.15, 0.2) is 5.96 Å². The van der Waals surface area contributed by atoms with Crippen LogP contribution in [0.15, 0.2) is 4.99 Å². The lowest BCUT2D eigenvalue weighted by Gasteiger charge is -2.23. The molecule has 0 aromatic rings. The third-order valence-corrected chi connectivity index (χ3v) is 4.96. The van der Waals surface area contributed by atoms with Gasteiger partial charge in [-0.2, -0.15) is 0 Å². The van der Waals surface area contributed by atoms with E-state index in [-0.39, 0.29) is 12.3 Å². The summed E-state index contributed by atoms with van der Waals surface area (Å²) >= 11 is 0. The number of aliphatic imine (C=N–C) groups is 1. The number of sulfonamides is 1. The highest BCUT2D eigenvalue weighted by molar-refractivity contribution is 7.89. The van der Waals surface area contributed by atoms with Crippen molar-refractivity contribution in [3.8, 4) is 0 Å². The molecule has 0 aliphatic heterocycles. The smallest absolute Gasteiger partial charge is 0.215 e. The number of nitrogens with zero attached hydrogens (tertiary/aromatic N) is 2.